The van der Waals surface area contributed by atoms with Crippen molar-refractivity contribution in [2.45, 2.75) is 57.0 Å². The molecular weight excluding hydrogens is 372 g/mol. The highest BCUT2D eigenvalue weighted by molar-refractivity contribution is 8.00. The van der Waals surface area contributed by atoms with Gasteiger partial charge in [-0.3, -0.25) is 9.89 Å². The highest BCUT2D eigenvalue weighted by Gasteiger charge is 2.19. The summed E-state index contributed by atoms with van der Waals surface area (Å²) in [7, 11) is 0. The zero-order chi connectivity index (χ0) is 20.1. The number of benzene rings is 1. The van der Waals surface area contributed by atoms with E-state index in [0.717, 1.165) is 18.4 Å². The molecule has 148 valence electrons. The Bertz CT molecular complexity index is 917. The second-order valence-electron chi connectivity index (χ2n) is 6.68. The van der Waals surface area contributed by atoms with Gasteiger partial charge in [0.2, 0.25) is 11.1 Å². The number of hydrogen-bond donors (Lipinski definition) is 2. The highest BCUT2D eigenvalue weighted by Crippen LogP contribution is 2.24. The Morgan fingerprint density at radius 2 is 1.96 bits per heavy atom. The van der Waals surface area contributed by atoms with E-state index in [9.17, 15) is 4.79 Å². The van der Waals surface area contributed by atoms with E-state index in [1.165, 1.54) is 17.3 Å². The van der Waals surface area contributed by atoms with Gasteiger partial charge in [-0.15, -0.1) is 5.10 Å². The summed E-state index contributed by atoms with van der Waals surface area (Å²) < 4.78 is 1.83. The number of thioether (sulfide) groups is 1. The van der Waals surface area contributed by atoms with Gasteiger partial charge in [0.1, 0.15) is 5.82 Å². The lowest BCUT2D eigenvalue weighted by atomic mass is 10.1. The standard InChI is InChI=1S/C20H26N6OS/c1-5-13(3)26-17(11-12-21-26)22-19(27)14(4)28-20-23-18(24-25-20)16-9-7-15(6-2)8-10-16/h7-14H,5-6H2,1-4H3,(H,22,27)(H,23,24,25)/t13-,14-/m1/s1. The van der Waals surface area contributed by atoms with Crippen molar-refractivity contribution in [2.75, 3.05) is 5.32 Å². The molecular formula is C20H26N6OS. The zero-order valence-electron chi connectivity index (χ0n) is 16.6. The maximum absolute atomic E-state index is 12.6. The molecule has 0 fully saturated rings. The van der Waals surface area contributed by atoms with Gasteiger partial charge in [0.05, 0.1) is 17.5 Å². The molecule has 0 aliphatic heterocycles. The number of carbonyl (C=O) groups is 1. The van der Waals surface area contributed by atoms with Crippen LogP contribution in [0.5, 0.6) is 0 Å². The third-order valence-corrected chi connectivity index (χ3v) is 5.64. The van der Waals surface area contributed by atoms with Gasteiger partial charge < -0.3 is 5.32 Å². The van der Waals surface area contributed by atoms with E-state index < -0.39 is 0 Å². The molecule has 2 heterocycles. The molecule has 3 aromatic rings. The fourth-order valence-electron chi connectivity index (χ4n) is 2.70. The molecule has 0 saturated carbocycles. The maximum Gasteiger partial charge on any atom is 0.238 e. The van der Waals surface area contributed by atoms with Crippen molar-refractivity contribution < 1.29 is 4.79 Å². The number of aromatic nitrogens is 5. The molecule has 1 aromatic carbocycles. The number of nitrogens with zero attached hydrogens (tertiary/aromatic N) is 4. The van der Waals surface area contributed by atoms with Gasteiger partial charge in [0.15, 0.2) is 5.82 Å². The van der Waals surface area contributed by atoms with Crippen molar-refractivity contribution in [3.8, 4) is 11.4 Å². The molecule has 0 unspecified atom stereocenters. The first-order valence-electron chi connectivity index (χ1n) is 9.54. The lowest BCUT2D eigenvalue weighted by Crippen LogP contribution is -2.24. The predicted molar refractivity (Wildman–Crippen MR) is 112 cm³/mol. The van der Waals surface area contributed by atoms with E-state index in [2.05, 4.69) is 58.5 Å². The van der Waals surface area contributed by atoms with E-state index >= 15 is 0 Å². The van der Waals surface area contributed by atoms with Crippen LogP contribution in [0.15, 0.2) is 41.7 Å². The number of aryl methyl sites for hydroxylation is 1. The van der Waals surface area contributed by atoms with Crippen LogP contribution >= 0.6 is 11.8 Å². The second-order valence-corrected chi connectivity index (χ2v) is 7.99. The van der Waals surface area contributed by atoms with Gasteiger partial charge in [0.25, 0.3) is 0 Å². The van der Waals surface area contributed by atoms with Crippen molar-refractivity contribution in [3.63, 3.8) is 0 Å². The Kier molecular flexibility index (Phi) is 6.51. The van der Waals surface area contributed by atoms with Crippen LogP contribution in [0.2, 0.25) is 0 Å². The maximum atomic E-state index is 12.6. The first-order chi connectivity index (χ1) is 13.5. The Morgan fingerprint density at radius 3 is 2.64 bits per heavy atom. The van der Waals surface area contributed by atoms with Gasteiger partial charge in [-0.25, -0.2) is 9.67 Å². The lowest BCUT2D eigenvalue weighted by molar-refractivity contribution is -0.115. The summed E-state index contributed by atoms with van der Waals surface area (Å²) >= 11 is 1.32. The van der Waals surface area contributed by atoms with E-state index in [0.29, 0.717) is 16.8 Å². The van der Waals surface area contributed by atoms with Gasteiger partial charge in [-0.05, 0) is 32.3 Å². The molecule has 3 rings (SSSR count). The Balaban J connectivity index is 1.63. The normalized spacial score (nSPS) is 13.3. The second kappa shape index (κ2) is 9.05. The molecule has 1 amide bonds. The first kappa shape index (κ1) is 20.1. The summed E-state index contributed by atoms with van der Waals surface area (Å²) in [5.41, 5.74) is 2.26. The van der Waals surface area contributed by atoms with Crippen molar-refractivity contribution in [1.82, 2.24) is 25.0 Å². The first-order valence-corrected chi connectivity index (χ1v) is 10.4. The van der Waals surface area contributed by atoms with Crippen LogP contribution in [0.1, 0.15) is 45.7 Å². The number of rotatable bonds is 8. The smallest absolute Gasteiger partial charge is 0.238 e. The summed E-state index contributed by atoms with van der Waals surface area (Å²) in [6.45, 7) is 8.13. The highest BCUT2D eigenvalue weighted by atomic mass is 32.2. The largest absolute Gasteiger partial charge is 0.310 e. The summed E-state index contributed by atoms with van der Waals surface area (Å²) in [4.78, 5) is 17.1. The molecule has 0 spiro atoms. The fraction of sp³-hybridized carbons (Fsp3) is 0.400. The number of hydrogen-bond acceptors (Lipinski definition) is 5. The molecule has 0 bridgehead atoms. The van der Waals surface area contributed by atoms with Crippen molar-refractivity contribution in [3.05, 3.63) is 42.1 Å². The van der Waals surface area contributed by atoms with E-state index in [4.69, 9.17) is 0 Å². The van der Waals surface area contributed by atoms with E-state index in [1.807, 2.05) is 29.8 Å². The van der Waals surface area contributed by atoms with Crippen LogP contribution in [-0.2, 0) is 11.2 Å². The van der Waals surface area contributed by atoms with Crippen LogP contribution in [0, 0.1) is 0 Å². The van der Waals surface area contributed by atoms with E-state index in [1.54, 1.807) is 6.20 Å². The molecule has 7 nitrogen and oxygen atoms in total. The molecule has 0 aliphatic carbocycles. The fourth-order valence-corrected chi connectivity index (χ4v) is 3.43. The average Bonchev–Trinajstić information content (AvgIpc) is 3.37. The van der Waals surface area contributed by atoms with Crippen LogP contribution in [0.4, 0.5) is 5.82 Å². The summed E-state index contributed by atoms with van der Waals surface area (Å²) in [6.07, 6.45) is 3.64. The van der Waals surface area contributed by atoms with Crippen LogP contribution in [0.3, 0.4) is 0 Å². The van der Waals surface area contributed by atoms with Gasteiger partial charge in [-0.2, -0.15) is 5.10 Å². The van der Waals surface area contributed by atoms with Gasteiger partial charge in [0, 0.05) is 11.6 Å². The third-order valence-electron chi connectivity index (χ3n) is 4.68. The number of H-pyrrole nitrogens is 1. The molecule has 0 aliphatic rings. The predicted octanol–water partition coefficient (Wildman–Crippen LogP) is 4.32. The summed E-state index contributed by atoms with van der Waals surface area (Å²) in [5.74, 6) is 1.31. The SMILES string of the molecule is CCc1ccc(-c2nc(S[C@H](C)C(=O)Nc3ccnn3[C@H](C)CC)n[nH]2)cc1. The van der Waals surface area contributed by atoms with Crippen LogP contribution < -0.4 is 5.32 Å². The minimum absolute atomic E-state index is 0.103. The monoisotopic (exact) mass is 398 g/mol. The van der Waals surface area contributed by atoms with Crippen molar-refractivity contribution in [2.24, 2.45) is 0 Å². The zero-order valence-corrected chi connectivity index (χ0v) is 17.5. The number of amides is 1. The molecule has 8 heteroatoms. The summed E-state index contributed by atoms with van der Waals surface area (Å²) in [5, 5.41) is 14.7. The van der Waals surface area contributed by atoms with Crippen molar-refractivity contribution in [1.29, 1.82) is 0 Å². The van der Waals surface area contributed by atoms with Gasteiger partial charge >= 0.3 is 0 Å². The molecule has 2 atom stereocenters. The minimum atomic E-state index is -0.341. The molecule has 2 N–H and O–H groups in total. The molecule has 28 heavy (non-hydrogen) atoms. The number of anilines is 1. The average molecular weight is 399 g/mol. The molecule has 2 aromatic heterocycles. The number of aromatic amines is 1. The quantitative estimate of drug-likeness (QED) is 0.552. The number of carbonyl (C=O) groups excluding carboxylic acids is 1. The number of nitrogens with one attached hydrogen (secondary N) is 2. The Hall–Kier alpha value is -2.61. The molecule has 0 saturated heterocycles. The molecule has 0 radical (unpaired) electrons. The van der Waals surface area contributed by atoms with Crippen molar-refractivity contribution >= 4 is 23.5 Å². The summed E-state index contributed by atoms with van der Waals surface area (Å²) in [6, 6.07) is 10.3. The lowest BCUT2D eigenvalue weighted by Gasteiger charge is -2.15. The van der Waals surface area contributed by atoms with Gasteiger partial charge in [-0.1, -0.05) is 49.9 Å². The topological polar surface area (TPSA) is 88.5 Å². The Labute approximate surface area is 169 Å². The Morgan fingerprint density at radius 1 is 1.21 bits per heavy atom. The van der Waals surface area contributed by atoms with E-state index in [-0.39, 0.29) is 17.2 Å². The minimum Gasteiger partial charge on any atom is -0.310 e. The van der Waals surface area contributed by atoms with Crippen LogP contribution in [0.25, 0.3) is 11.4 Å². The van der Waals surface area contributed by atoms with Crippen LogP contribution in [-0.4, -0.2) is 36.1 Å². The third kappa shape index (κ3) is 4.62.